The first-order valence-corrected chi connectivity index (χ1v) is 9.28. The first-order valence-electron chi connectivity index (χ1n) is 9.28. The number of nitrogens with zero attached hydrogens (tertiary/aromatic N) is 2. The highest BCUT2D eigenvalue weighted by molar-refractivity contribution is 5.92. The quantitative estimate of drug-likeness (QED) is 0.680. The molecule has 3 aromatic rings. The number of aryl methyl sites for hydroxylation is 1. The zero-order valence-corrected chi connectivity index (χ0v) is 15.6. The molecule has 0 unspecified atom stereocenters. The Bertz CT molecular complexity index is 929. The summed E-state index contributed by atoms with van der Waals surface area (Å²) in [4.78, 5) is 12.3. The summed E-state index contributed by atoms with van der Waals surface area (Å²) in [6.45, 7) is 3.43. The van der Waals surface area contributed by atoms with Crippen molar-refractivity contribution in [1.29, 1.82) is 0 Å². The van der Waals surface area contributed by atoms with Crippen molar-refractivity contribution in [3.63, 3.8) is 0 Å². The molecule has 0 saturated carbocycles. The van der Waals surface area contributed by atoms with Crippen molar-refractivity contribution in [2.24, 2.45) is 0 Å². The summed E-state index contributed by atoms with van der Waals surface area (Å²) in [6.07, 6.45) is 1.64. The molecule has 0 aliphatic carbocycles. The van der Waals surface area contributed by atoms with Crippen LogP contribution in [-0.4, -0.2) is 40.5 Å². The number of carbonyl (C=O) groups excluding carboxylic acids is 1. The van der Waals surface area contributed by atoms with Gasteiger partial charge in [-0.3, -0.25) is 9.89 Å². The Hall–Kier alpha value is -3.13. The van der Waals surface area contributed by atoms with Gasteiger partial charge in [0.15, 0.2) is 0 Å². The summed E-state index contributed by atoms with van der Waals surface area (Å²) in [5.74, 6) is 0.837. The summed E-state index contributed by atoms with van der Waals surface area (Å²) in [7, 11) is 0. The highest BCUT2D eigenvalue weighted by atomic mass is 16.5. The average Bonchev–Trinajstić information content (AvgIpc) is 3.34. The lowest BCUT2D eigenvalue weighted by atomic mass is 10.1. The molecule has 4 rings (SSSR count). The van der Waals surface area contributed by atoms with Gasteiger partial charge >= 0.3 is 0 Å². The molecule has 2 aromatic heterocycles. The average molecular weight is 382 g/mol. The largest absolute Gasteiger partial charge is 0.472 e. The third-order valence-electron chi connectivity index (χ3n) is 4.75. The standard InChI is InChI=1S/C20H22N4O4/c1-13-16(19(24-28-13)14-5-3-2-4-6-14)12-27-18-11-17(22-23-18)20(25)21-15-7-9-26-10-8-15/h2-6,11,15H,7-10,12H2,1H3,(H,21,25)(H,22,23). The molecule has 1 fully saturated rings. The number of ether oxygens (including phenoxy) is 2. The van der Waals surface area contributed by atoms with Gasteiger partial charge in [-0.1, -0.05) is 35.5 Å². The zero-order valence-electron chi connectivity index (χ0n) is 15.6. The monoisotopic (exact) mass is 382 g/mol. The van der Waals surface area contributed by atoms with Crippen LogP contribution >= 0.6 is 0 Å². The predicted octanol–water partition coefficient (Wildman–Crippen LogP) is 2.86. The minimum absolute atomic E-state index is 0.127. The van der Waals surface area contributed by atoms with Gasteiger partial charge in [-0.2, -0.15) is 0 Å². The lowest BCUT2D eigenvalue weighted by molar-refractivity contribution is 0.0694. The molecule has 1 aliphatic rings. The van der Waals surface area contributed by atoms with Gasteiger partial charge in [-0.05, 0) is 19.8 Å². The van der Waals surface area contributed by atoms with Gasteiger partial charge in [0.2, 0.25) is 5.88 Å². The van der Waals surface area contributed by atoms with E-state index in [9.17, 15) is 4.79 Å². The smallest absolute Gasteiger partial charge is 0.269 e. The first kappa shape index (κ1) is 18.2. The SMILES string of the molecule is Cc1onc(-c2ccccc2)c1COc1cc(C(=O)NC2CCOCC2)[nH]n1. The maximum absolute atomic E-state index is 12.3. The second kappa shape index (κ2) is 8.26. The molecule has 1 saturated heterocycles. The number of H-pyrrole nitrogens is 1. The Morgan fingerprint density at radius 2 is 2.07 bits per heavy atom. The van der Waals surface area contributed by atoms with E-state index in [-0.39, 0.29) is 18.6 Å². The van der Waals surface area contributed by atoms with E-state index in [4.69, 9.17) is 14.0 Å². The molecule has 1 amide bonds. The van der Waals surface area contributed by atoms with Crippen LogP contribution in [0.2, 0.25) is 0 Å². The number of rotatable bonds is 6. The van der Waals surface area contributed by atoms with Crippen molar-refractivity contribution in [1.82, 2.24) is 20.7 Å². The molecule has 0 spiro atoms. The van der Waals surface area contributed by atoms with Crippen molar-refractivity contribution in [3.05, 3.63) is 53.4 Å². The fourth-order valence-electron chi connectivity index (χ4n) is 3.13. The second-order valence-corrected chi connectivity index (χ2v) is 6.70. The van der Waals surface area contributed by atoms with Crippen molar-refractivity contribution in [2.75, 3.05) is 13.2 Å². The summed E-state index contributed by atoms with van der Waals surface area (Å²) in [5.41, 5.74) is 2.91. The summed E-state index contributed by atoms with van der Waals surface area (Å²) in [5, 5.41) is 13.9. The Morgan fingerprint density at radius 3 is 2.86 bits per heavy atom. The molecule has 2 N–H and O–H groups in total. The molecule has 1 aromatic carbocycles. The molecular formula is C20H22N4O4. The number of carbonyl (C=O) groups is 1. The van der Waals surface area contributed by atoms with Gasteiger partial charge in [0.05, 0.1) is 5.56 Å². The molecule has 3 heterocycles. The highest BCUT2D eigenvalue weighted by Crippen LogP contribution is 2.26. The van der Waals surface area contributed by atoms with E-state index in [1.54, 1.807) is 6.07 Å². The third-order valence-corrected chi connectivity index (χ3v) is 4.75. The van der Waals surface area contributed by atoms with Crippen LogP contribution in [0.4, 0.5) is 0 Å². The Morgan fingerprint density at radius 1 is 1.29 bits per heavy atom. The normalized spacial score (nSPS) is 14.8. The van der Waals surface area contributed by atoms with Crippen LogP contribution in [0.25, 0.3) is 11.3 Å². The topological polar surface area (TPSA) is 102 Å². The van der Waals surface area contributed by atoms with Crippen molar-refractivity contribution in [2.45, 2.75) is 32.4 Å². The number of nitrogens with one attached hydrogen (secondary N) is 2. The highest BCUT2D eigenvalue weighted by Gasteiger charge is 2.19. The molecule has 0 atom stereocenters. The number of hydrogen-bond donors (Lipinski definition) is 2. The van der Waals surface area contributed by atoms with Crippen LogP contribution in [0.5, 0.6) is 5.88 Å². The molecule has 8 nitrogen and oxygen atoms in total. The van der Waals surface area contributed by atoms with Crippen molar-refractivity contribution < 1.29 is 18.8 Å². The zero-order chi connectivity index (χ0) is 19.3. The molecule has 0 radical (unpaired) electrons. The second-order valence-electron chi connectivity index (χ2n) is 6.70. The van der Waals surface area contributed by atoms with E-state index in [1.165, 1.54) is 0 Å². The van der Waals surface area contributed by atoms with Crippen LogP contribution in [0.1, 0.15) is 34.7 Å². The fraction of sp³-hybridized carbons (Fsp3) is 0.350. The van der Waals surface area contributed by atoms with Gasteiger partial charge in [0, 0.05) is 30.9 Å². The predicted molar refractivity (Wildman–Crippen MR) is 101 cm³/mol. The van der Waals surface area contributed by atoms with E-state index >= 15 is 0 Å². The van der Waals surface area contributed by atoms with Gasteiger partial charge in [0.25, 0.3) is 5.91 Å². The van der Waals surface area contributed by atoms with E-state index in [0.717, 1.165) is 29.7 Å². The summed E-state index contributed by atoms with van der Waals surface area (Å²) >= 11 is 0. The number of aromatic amines is 1. The molecule has 28 heavy (non-hydrogen) atoms. The summed E-state index contributed by atoms with van der Waals surface area (Å²) < 4.78 is 16.4. The van der Waals surface area contributed by atoms with Gasteiger partial charge in [0.1, 0.15) is 23.8 Å². The van der Waals surface area contributed by atoms with Gasteiger partial charge in [-0.15, -0.1) is 5.10 Å². The number of amides is 1. The van der Waals surface area contributed by atoms with E-state index in [1.807, 2.05) is 37.3 Å². The van der Waals surface area contributed by atoms with Crippen molar-refractivity contribution in [3.8, 4) is 17.1 Å². The lowest BCUT2D eigenvalue weighted by Crippen LogP contribution is -2.39. The molecular weight excluding hydrogens is 360 g/mol. The maximum Gasteiger partial charge on any atom is 0.269 e. The number of benzene rings is 1. The Kier molecular flexibility index (Phi) is 5.38. The first-order chi connectivity index (χ1) is 13.7. The van der Waals surface area contributed by atoms with Crippen LogP contribution in [-0.2, 0) is 11.3 Å². The van der Waals surface area contributed by atoms with Crippen LogP contribution in [0, 0.1) is 6.92 Å². The van der Waals surface area contributed by atoms with Gasteiger partial charge < -0.3 is 19.3 Å². The van der Waals surface area contributed by atoms with E-state index < -0.39 is 0 Å². The molecule has 8 heteroatoms. The number of aromatic nitrogens is 3. The Balaban J connectivity index is 1.40. The minimum Gasteiger partial charge on any atom is -0.472 e. The third kappa shape index (κ3) is 4.07. The maximum atomic E-state index is 12.3. The van der Waals surface area contributed by atoms with Crippen molar-refractivity contribution >= 4 is 5.91 Å². The van der Waals surface area contributed by atoms with Crippen LogP contribution in [0.3, 0.4) is 0 Å². The molecule has 146 valence electrons. The van der Waals surface area contributed by atoms with Crippen LogP contribution < -0.4 is 10.1 Å². The number of hydrogen-bond acceptors (Lipinski definition) is 6. The lowest BCUT2D eigenvalue weighted by Gasteiger charge is -2.22. The fourth-order valence-corrected chi connectivity index (χ4v) is 3.13. The molecule has 1 aliphatic heterocycles. The summed E-state index contributed by atoms with van der Waals surface area (Å²) in [6, 6.07) is 11.5. The minimum atomic E-state index is -0.194. The Labute approximate surface area is 162 Å². The molecule has 0 bridgehead atoms. The van der Waals surface area contributed by atoms with Gasteiger partial charge in [-0.25, -0.2) is 0 Å². The van der Waals surface area contributed by atoms with E-state index in [2.05, 4.69) is 20.7 Å². The van der Waals surface area contributed by atoms with Crippen LogP contribution in [0.15, 0.2) is 40.9 Å². The van der Waals surface area contributed by atoms with E-state index in [0.29, 0.717) is 30.5 Å².